The summed E-state index contributed by atoms with van der Waals surface area (Å²) < 4.78 is 37.1. The number of nitrogens with one attached hydrogen (secondary N) is 1. The van der Waals surface area contributed by atoms with Crippen molar-refractivity contribution >= 4 is 58.3 Å². The summed E-state index contributed by atoms with van der Waals surface area (Å²) in [7, 11) is 1.16. The predicted molar refractivity (Wildman–Crippen MR) is 105 cm³/mol. The number of carbonyl (C=O) groups is 2. The van der Waals surface area contributed by atoms with E-state index in [4.69, 9.17) is 41.2 Å². The smallest absolute Gasteiger partial charge is 0.291 e. The summed E-state index contributed by atoms with van der Waals surface area (Å²) in [6, 6.07) is 2.97. The van der Waals surface area contributed by atoms with Crippen LogP contribution >= 0.6 is 34.8 Å². The second-order valence-corrected chi connectivity index (χ2v) is 8.20. The highest BCUT2D eigenvalue weighted by molar-refractivity contribution is 6.68. The fourth-order valence-electron chi connectivity index (χ4n) is 2.38. The minimum absolute atomic E-state index is 0.174. The zero-order valence-electron chi connectivity index (χ0n) is 14.8. The Kier molecular flexibility index (Phi) is 7.06. The molecule has 1 saturated heterocycles. The van der Waals surface area contributed by atoms with Gasteiger partial charge < -0.3 is 0 Å². The third-order valence-corrected chi connectivity index (χ3v) is 4.41. The number of alkyl halides is 6. The largest absolute Gasteiger partial charge is 0.416 e. The van der Waals surface area contributed by atoms with Gasteiger partial charge in [0.25, 0.3) is 5.91 Å². The van der Waals surface area contributed by atoms with Crippen LogP contribution in [0.5, 0.6) is 0 Å². The molecule has 156 valence electrons. The van der Waals surface area contributed by atoms with Gasteiger partial charge in [-0.2, -0.15) is 13.2 Å². The van der Waals surface area contributed by atoms with Gasteiger partial charge in [0.1, 0.15) is 6.17 Å². The van der Waals surface area contributed by atoms with Crippen LogP contribution in [0.4, 0.5) is 23.7 Å². The molecule has 0 radical (unpaired) electrons. The third-order valence-electron chi connectivity index (χ3n) is 3.79. The standard InChI is InChI=1S/C17H14Cl3F3N4O2/c1-3-4-8-24-14(16(18,19)20)25-12-13(28)26(2)15(29)27(12)11-7-5-6-10(9-11)17(21,22)23/h1,5-7,9,14,24H,4,8H2,2H3/b25-12+. The number of likely N-dealkylation sites (N-methyl/N-ethyl adjacent to an activating group) is 1. The maximum Gasteiger partial charge on any atom is 0.416 e. The van der Waals surface area contributed by atoms with E-state index in [9.17, 15) is 22.8 Å². The van der Waals surface area contributed by atoms with Crippen LogP contribution in [-0.4, -0.2) is 46.2 Å². The Balaban J connectivity index is 2.52. The number of carbonyl (C=O) groups excluding carboxylic acids is 2. The number of anilines is 1. The first-order chi connectivity index (χ1) is 13.4. The number of hydrogen-bond acceptors (Lipinski definition) is 4. The maximum absolute atomic E-state index is 13.1. The first kappa shape index (κ1) is 23.3. The number of aliphatic imine (C=N–C) groups is 1. The number of amides is 3. The van der Waals surface area contributed by atoms with Gasteiger partial charge in [-0.05, 0) is 18.2 Å². The molecule has 29 heavy (non-hydrogen) atoms. The molecule has 1 aliphatic rings. The van der Waals surface area contributed by atoms with Crippen LogP contribution in [0.25, 0.3) is 0 Å². The summed E-state index contributed by atoms with van der Waals surface area (Å²) in [5, 5.41) is 2.73. The summed E-state index contributed by atoms with van der Waals surface area (Å²) in [6.45, 7) is 0.174. The van der Waals surface area contributed by atoms with Crippen molar-refractivity contribution in [1.82, 2.24) is 10.2 Å². The van der Waals surface area contributed by atoms with Gasteiger partial charge in [0, 0.05) is 20.0 Å². The van der Waals surface area contributed by atoms with Gasteiger partial charge in [0.2, 0.25) is 9.63 Å². The number of benzene rings is 1. The van der Waals surface area contributed by atoms with Crippen LogP contribution in [0.2, 0.25) is 0 Å². The van der Waals surface area contributed by atoms with Crippen molar-refractivity contribution in [3.63, 3.8) is 0 Å². The number of urea groups is 1. The van der Waals surface area contributed by atoms with E-state index in [1.165, 1.54) is 6.07 Å². The van der Waals surface area contributed by atoms with Gasteiger partial charge in [-0.15, -0.1) is 12.3 Å². The van der Waals surface area contributed by atoms with Gasteiger partial charge in [-0.3, -0.25) is 15.0 Å². The van der Waals surface area contributed by atoms with Gasteiger partial charge >= 0.3 is 12.2 Å². The quantitative estimate of drug-likeness (QED) is 0.309. The first-order valence-corrected chi connectivity index (χ1v) is 9.12. The number of hydrogen-bond donors (Lipinski definition) is 1. The minimum Gasteiger partial charge on any atom is -0.291 e. The lowest BCUT2D eigenvalue weighted by molar-refractivity contribution is -0.137. The number of imide groups is 1. The van der Waals surface area contributed by atoms with E-state index >= 15 is 0 Å². The number of rotatable bonds is 5. The molecular weight excluding hydrogens is 456 g/mol. The zero-order valence-corrected chi connectivity index (χ0v) is 17.1. The lowest BCUT2D eigenvalue weighted by atomic mass is 10.2. The van der Waals surface area contributed by atoms with Crippen LogP contribution in [-0.2, 0) is 11.0 Å². The number of terminal acetylenes is 1. The van der Waals surface area contributed by atoms with Gasteiger partial charge in [0.05, 0.1) is 11.3 Å². The molecule has 0 aliphatic carbocycles. The summed E-state index contributed by atoms with van der Waals surface area (Å²) in [5.74, 6) is 0.991. The van der Waals surface area contributed by atoms with Crippen molar-refractivity contribution in [2.24, 2.45) is 4.99 Å². The van der Waals surface area contributed by atoms with Crippen LogP contribution in [0.3, 0.4) is 0 Å². The van der Waals surface area contributed by atoms with E-state index in [0.29, 0.717) is 4.90 Å². The fraction of sp³-hybridized carbons (Fsp3) is 0.353. The average molecular weight is 470 g/mol. The molecule has 0 spiro atoms. The van der Waals surface area contributed by atoms with E-state index < -0.39 is 39.5 Å². The van der Waals surface area contributed by atoms with Crippen molar-refractivity contribution < 1.29 is 22.8 Å². The zero-order chi connectivity index (χ0) is 22.0. The second-order valence-electron chi connectivity index (χ2n) is 5.84. The Bertz CT molecular complexity index is 878. The molecule has 6 nitrogen and oxygen atoms in total. The molecule has 1 atom stereocenters. The topological polar surface area (TPSA) is 65.0 Å². The minimum atomic E-state index is -4.65. The fourth-order valence-corrected chi connectivity index (χ4v) is 2.76. The molecule has 3 amide bonds. The summed E-state index contributed by atoms with van der Waals surface area (Å²) in [5.41, 5.74) is -1.22. The predicted octanol–water partition coefficient (Wildman–Crippen LogP) is 3.81. The highest BCUT2D eigenvalue weighted by Crippen LogP contribution is 2.34. The molecule has 0 saturated carbocycles. The molecular formula is C17H14Cl3F3N4O2. The second kappa shape index (κ2) is 8.79. The van der Waals surface area contributed by atoms with Crippen molar-refractivity contribution in [2.45, 2.75) is 22.6 Å². The Morgan fingerprint density at radius 2 is 1.93 bits per heavy atom. The van der Waals surface area contributed by atoms with Gasteiger partial charge in [0.15, 0.2) is 0 Å². The number of nitrogens with zero attached hydrogens (tertiary/aromatic N) is 3. The Morgan fingerprint density at radius 3 is 2.48 bits per heavy atom. The highest BCUT2D eigenvalue weighted by Gasteiger charge is 2.44. The summed E-state index contributed by atoms with van der Waals surface area (Å²) in [6.07, 6.45) is -0.530. The van der Waals surface area contributed by atoms with E-state index in [1.807, 2.05) is 0 Å². The molecule has 1 aromatic carbocycles. The Labute approximate surface area is 179 Å². The molecule has 1 unspecified atom stereocenters. The monoisotopic (exact) mass is 468 g/mol. The molecule has 0 aromatic heterocycles. The normalized spacial score (nSPS) is 17.8. The highest BCUT2D eigenvalue weighted by atomic mass is 35.6. The lowest BCUT2D eigenvalue weighted by Crippen LogP contribution is -2.42. The average Bonchev–Trinajstić information content (AvgIpc) is 2.83. The molecule has 1 aromatic rings. The maximum atomic E-state index is 13.1. The molecule has 12 heteroatoms. The molecule has 0 bridgehead atoms. The summed E-state index contributed by atoms with van der Waals surface area (Å²) >= 11 is 17.7. The SMILES string of the molecule is C#CCCNC(/N=C1\C(=O)N(C)C(=O)N1c1cccc(C(F)(F)F)c1)C(Cl)(Cl)Cl. The molecule has 1 heterocycles. The number of halogens is 6. The van der Waals surface area contributed by atoms with E-state index in [2.05, 4.69) is 16.2 Å². The van der Waals surface area contributed by atoms with Gasteiger partial charge in [-0.1, -0.05) is 40.9 Å². The first-order valence-electron chi connectivity index (χ1n) is 7.98. The van der Waals surface area contributed by atoms with Crippen LogP contribution < -0.4 is 10.2 Å². The third kappa shape index (κ3) is 5.34. The van der Waals surface area contributed by atoms with Crippen molar-refractivity contribution in [3.8, 4) is 12.3 Å². The van der Waals surface area contributed by atoms with Crippen molar-refractivity contribution in [2.75, 3.05) is 18.5 Å². The molecule has 2 rings (SSSR count). The van der Waals surface area contributed by atoms with Crippen molar-refractivity contribution in [1.29, 1.82) is 0 Å². The summed E-state index contributed by atoms with van der Waals surface area (Å²) in [4.78, 5) is 30.4. The van der Waals surface area contributed by atoms with Crippen LogP contribution in [0.15, 0.2) is 29.3 Å². The molecule has 1 aliphatic heterocycles. The molecule has 1 fully saturated rings. The Hall–Kier alpha value is -1.99. The van der Waals surface area contributed by atoms with E-state index in [0.717, 1.165) is 30.1 Å². The van der Waals surface area contributed by atoms with E-state index in [-0.39, 0.29) is 18.7 Å². The van der Waals surface area contributed by atoms with Crippen LogP contribution in [0, 0.1) is 12.3 Å². The molecule has 1 N–H and O–H groups in total. The van der Waals surface area contributed by atoms with Crippen molar-refractivity contribution in [3.05, 3.63) is 29.8 Å². The number of amidine groups is 1. The van der Waals surface area contributed by atoms with E-state index in [1.54, 1.807) is 0 Å². The lowest BCUT2D eigenvalue weighted by Gasteiger charge is -2.23. The van der Waals surface area contributed by atoms with Gasteiger partial charge in [-0.25, -0.2) is 14.7 Å². The Morgan fingerprint density at radius 1 is 1.28 bits per heavy atom. The van der Waals surface area contributed by atoms with Crippen LogP contribution in [0.1, 0.15) is 12.0 Å².